The third-order valence-corrected chi connectivity index (χ3v) is 13.8. The molecule has 192 valence electrons. The molecule has 0 amide bonds. The number of anilines is 1. The van der Waals surface area contributed by atoms with E-state index in [1.807, 2.05) is 0 Å². The van der Waals surface area contributed by atoms with E-state index in [0.29, 0.717) is 42.7 Å². The first-order valence-electron chi connectivity index (χ1n) is 11.5. The maximum absolute atomic E-state index is 5.54. The fourth-order valence-corrected chi connectivity index (χ4v) is 9.16. The smallest absolute Gasteiger partial charge is 0.230 e. The summed E-state index contributed by atoms with van der Waals surface area (Å²) >= 11 is 20.1. The Hall–Kier alpha value is 0.750. The Morgan fingerprint density at radius 1 is 0.727 bits per heavy atom. The zero-order chi connectivity index (χ0) is 23.9. The zero-order valence-electron chi connectivity index (χ0n) is 19.5. The summed E-state index contributed by atoms with van der Waals surface area (Å²) < 4.78 is 15.5. The van der Waals surface area contributed by atoms with E-state index in [4.69, 9.17) is 71.1 Å². The molecule has 0 aliphatic carbocycles. The topological polar surface area (TPSA) is 66.9 Å². The zero-order valence-corrected chi connectivity index (χ0v) is 24.7. The van der Waals surface area contributed by atoms with Gasteiger partial charge in [0, 0.05) is 39.3 Å². The van der Waals surface area contributed by atoms with Crippen LogP contribution >= 0.6 is 63.2 Å². The van der Waals surface area contributed by atoms with Gasteiger partial charge in [-0.05, 0) is 29.4 Å². The summed E-state index contributed by atoms with van der Waals surface area (Å²) in [6, 6.07) is 0. The Morgan fingerprint density at radius 2 is 1.12 bits per heavy atom. The average molecular weight is 575 g/mol. The monoisotopic (exact) mass is 574 g/mol. The molecule has 0 saturated carbocycles. The lowest BCUT2D eigenvalue weighted by molar-refractivity contribution is 0.0765. The van der Waals surface area contributed by atoms with Gasteiger partial charge in [0.2, 0.25) is 16.3 Å². The van der Waals surface area contributed by atoms with Crippen molar-refractivity contribution in [2.75, 3.05) is 70.6 Å². The molecule has 2 aliphatic heterocycles. The van der Waals surface area contributed by atoms with Crippen LogP contribution in [0.5, 0.6) is 0 Å². The number of ether oxygens (including phenoxy) is 2. The molecule has 3 heterocycles. The third kappa shape index (κ3) is 7.39. The lowest BCUT2D eigenvalue weighted by Crippen LogP contribution is -2.37. The molecule has 3 rings (SSSR count). The van der Waals surface area contributed by atoms with Crippen molar-refractivity contribution in [3.8, 4) is 0 Å². The van der Waals surface area contributed by atoms with Gasteiger partial charge in [0.15, 0.2) is 0 Å². The quantitative estimate of drug-likeness (QED) is 0.228. The standard InChI is InChI=1S/C19H38N6O2S6/c1-3-5-7-23(8-6-4-2)17-20-18(32(28,29)24-9-13-26-14-10-24)22-19(21-17)33(30,31)25-11-15-27-16-12-25/h28-31H,3-16H2,1-2H3. The number of thiol groups is 4. The minimum absolute atomic E-state index is 0.599. The van der Waals surface area contributed by atoms with Crippen molar-refractivity contribution in [1.82, 2.24) is 23.6 Å². The highest BCUT2D eigenvalue weighted by atomic mass is 33.5. The number of unbranched alkanes of at least 4 members (excludes halogenated alkanes) is 2. The van der Waals surface area contributed by atoms with Gasteiger partial charge in [0.1, 0.15) is 0 Å². The summed E-state index contributed by atoms with van der Waals surface area (Å²) in [7, 11) is -4.03. The summed E-state index contributed by atoms with van der Waals surface area (Å²) in [5.41, 5.74) is 0. The molecule has 33 heavy (non-hydrogen) atoms. The minimum Gasteiger partial charge on any atom is -0.379 e. The predicted molar refractivity (Wildman–Crippen MR) is 154 cm³/mol. The molecule has 0 N–H and O–H groups in total. The molecule has 0 spiro atoms. The molecule has 1 aromatic rings. The second kappa shape index (κ2) is 13.3. The van der Waals surface area contributed by atoms with Crippen LogP contribution in [0.2, 0.25) is 0 Å². The maximum Gasteiger partial charge on any atom is 0.230 e. The van der Waals surface area contributed by atoms with Gasteiger partial charge in [0.25, 0.3) is 0 Å². The van der Waals surface area contributed by atoms with Crippen LogP contribution in [0, 0.1) is 0 Å². The van der Waals surface area contributed by atoms with Crippen molar-refractivity contribution in [2.24, 2.45) is 0 Å². The van der Waals surface area contributed by atoms with Crippen molar-refractivity contribution in [3.05, 3.63) is 0 Å². The SMILES string of the molecule is CCCCN(CCCC)c1nc(S(S)(S)N2CCOCC2)nc(S(S)(S)N2CCOCC2)n1. The van der Waals surface area contributed by atoms with Crippen molar-refractivity contribution in [3.63, 3.8) is 0 Å². The highest BCUT2D eigenvalue weighted by Gasteiger charge is 2.36. The van der Waals surface area contributed by atoms with Gasteiger partial charge in [-0.1, -0.05) is 73.3 Å². The van der Waals surface area contributed by atoms with Crippen LogP contribution in [0.4, 0.5) is 5.95 Å². The number of hydrogen-bond donors (Lipinski definition) is 4. The molecule has 2 aliphatic rings. The van der Waals surface area contributed by atoms with E-state index < -0.39 is 16.6 Å². The minimum atomic E-state index is -2.02. The Labute approximate surface area is 221 Å². The van der Waals surface area contributed by atoms with Crippen LogP contribution in [-0.4, -0.2) is 89.3 Å². The van der Waals surface area contributed by atoms with Gasteiger partial charge in [-0.3, -0.25) is 0 Å². The first-order valence-corrected chi connectivity index (χ1v) is 18.9. The van der Waals surface area contributed by atoms with E-state index in [0.717, 1.165) is 65.0 Å². The van der Waals surface area contributed by atoms with Gasteiger partial charge >= 0.3 is 0 Å². The van der Waals surface area contributed by atoms with Crippen LogP contribution in [0.25, 0.3) is 0 Å². The summed E-state index contributed by atoms with van der Waals surface area (Å²) in [6.45, 7) is 11.8. The van der Waals surface area contributed by atoms with Crippen molar-refractivity contribution >= 4 is 69.1 Å². The van der Waals surface area contributed by atoms with Crippen molar-refractivity contribution < 1.29 is 9.47 Å². The van der Waals surface area contributed by atoms with Gasteiger partial charge < -0.3 is 14.4 Å². The van der Waals surface area contributed by atoms with Gasteiger partial charge in [0.05, 0.1) is 26.4 Å². The Morgan fingerprint density at radius 3 is 1.48 bits per heavy atom. The highest BCUT2D eigenvalue weighted by Crippen LogP contribution is 2.69. The summed E-state index contributed by atoms with van der Waals surface area (Å²) in [6.07, 6.45) is 4.37. The molecule has 2 saturated heterocycles. The molecule has 0 bridgehead atoms. The lowest BCUT2D eigenvalue weighted by Gasteiger charge is -2.43. The Kier molecular flexibility index (Phi) is 11.4. The van der Waals surface area contributed by atoms with Gasteiger partial charge in [-0.2, -0.15) is 15.0 Å². The van der Waals surface area contributed by atoms with E-state index in [-0.39, 0.29) is 0 Å². The molecule has 0 aromatic carbocycles. The number of hydrogen-bond acceptors (Lipinski definition) is 12. The van der Waals surface area contributed by atoms with Crippen LogP contribution in [0.15, 0.2) is 10.3 Å². The second-order valence-corrected chi connectivity index (χ2v) is 19.9. The molecular formula is C19H38N6O2S6. The van der Waals surface area contributed by atoms with Crippen molar-refractivity contribution in [1.29, 1.82) is 0 Å². The fraction of sp³-hybridized carbons (Fsp3) is 0.842. The van der Waals surface area contributed by atoms with Crippen LogP contribution < -0.4 is 4.90 Å². The highest BCUT2D eigenvalue weighted by molar-refractivity contribution is 9.17. The number of aromatic nitrogens is 3. The van der Waals surface area contributed by atoms with E-state index in [2.05, 4.69) is 27.4 Å². The van der Waals surface area contributed by atoms with Gasteiger partial charge in [-0.25, -0.2) is 8.61 Å². The Balaban J connectivity index is 2.03. The molecule has 0 unspecified atom stereocenters. The van der Waals surface area contributed by atoms with E-state index in [1.165, 1.54) is 0 Å². The first kappa shape index (κ1) is 28.3. The van der Waals surface area contributed by atoms with E-state index >= 15 is 0 Å². The van der Waals surface area contributed by atoms with E-state index in [1.54, 1.807) is 0 Å². The van der Waals surface area contributed by atoms with Crippen LogP contribution in [-0.2, 0) is 9.47 Å². The van der Waals surface area contributed by atoms with Crippen LogP contribution in [0.3, 0.4) is 0 Å². The number of rotatable bonds is 11. The molecular weight excluding hydrogens is 537 g/mol. The Bertz CT molecular complexity index is 693. The van der Waals surface area contributed by atoms with E-state index in [9.17, 15) is 0 Å². The first-order chi connectivity index (χ1) is 15.8. The molecule has 8 nitrogen and oxygen atoms in total. The maximum atomic E-state index is 5.54. The molecule has 0 atom stereocenters. The largest absolute Gasteiger partial charge is 0.379 e. The summed E-state index contributed by atoms with van der Waals surface area (Å²) in [5, 5.41) is 1.20. The molecule has 0 radical (unpaired) electrons. The summed E-state index contributed by atoms with van der Waals surface area (Å²) in [5.74, 6) is 0.679. The fourth-order valence-electron chi connectivity index (χ4n) is 3.56. The summed E-state index contributed by atoms with van der Waals surface area (Å²) in [4.78, 5) is 17.1. The lowest BCUT2D eigenvalue weighted by atomic mass is 10.3. The molecule has 14 heteroatoms. The van der Waals surface area contributed by atoms with Crippen molar-refractivity contribution in [2.45, 2.75) is 49.8 Å². The number of morpholine rings is 2. The molecule has 1 aromatic heterocycles. The average Bonchev–Trinajstić information content (AvgIpc) is 2.85. The van der Waals surface area contributed by atoms with Gasteiger partial charge in [-0.15, -0.1) is 0 Å². The normalized spacial score (nSPS) is 20.1. The second-order valence-electron chi connectivity index (χ2n) is 8.02. The third-order valence-electron chi connectivity index (χ3n) is 5.58. The van der Waals surface area contributed by atoms with Crippen LogP contribution in [0.1, 0.15) is 39.5 Å². The number of nitrogens with zero attached hydrogens (tertiary/aromatic N) is 6. The molecule has 2 fully saturated rings. The predicted octanol–water partition coefficient (Wildman–Crippen LogP) is 4.48.